The summed E-state index contributed by atoms with van der Waals surface area (Å²) < 4.78 is 54.7. The number of carboxylic acid groups (broad SMARTS) is 1. The molecule has 2 amide bonds. The van der Waals surface area contributed by atoms with Crippen molar-refractivity contribution < 1.29 is 37.0 Å². The molecule has 6 nitrogen and oxygen atoms in total. The number of rotatable bonds is 6. The van der Waals surface area contributed by atoms with Gasteiger partial charge in [-0.25, -0.2) is 13.6 Å². The number of carboxylic acids is 1. The van der Waals surface area contributed by atoms with E-state index in [0.29, 0.717) is 12.1 Å². The predicted molar refractivity (Wildman–Crippen MR) is 66.9 cm³/mol. The van der Waals surface area contributed by atoms with Gasteiger partial charge in [-0.1, -0.05) is 0 Å². The summed E-state index contributed by atoms with van der Waals surface area (Å²) in [5.74, 6) is -4.60. The highest BCUT2D eigenvalue weighted by atomic mass is 19.3. The largest absolute Gasteiger partial charge is 0.481 e. The van der Waals surface area contributed by atoms with Gasteiger partial charge in [-0.15, -0.1) is 0 Å². The molecule has 0 bridgehead atoms. The van der Waals surface area contributed by atoms with Crippen LogP contribution < -0.4 is 10.1 Å². The van der Waals surface area contributed by atoms with Gasteiger partial charge in [0.05, 0.1) is 12.1 Å². The molecule has 1 aromatic carbocycles. The highest BCUT2D eigenvalue weighted by Crippen LogP contribution is 2.26. The molecular formula is C12H12F4N2O4. The number of benzene rings is 1. The number of urea groups is 1. The number of amides is 2. The number of nitrogens with one attached hydrogen (secondary N) is 1. The zero-order valence-electron chi connectivity index (χ0n) is 11.3. The molecule has 1 aromatic rings. The fraction of sp³-hybridized carbons (Fsp3) is 0.333. The van der Waals surface area contributed by atoms with Crippen LogP contribution in [0.2, 0.25) is 0 Å². The van der Waals surface area contributed by atoms with Crippen LogP contribution in [0, 0.1) is 11.6 Å². The first-order valence-corrected chi connectivity index (χ1v) is 5.88. The SMILES string of the molecule is CN(CCC(=O)O)C(=O)Nc1cc(F)c(OC(F)F)cc1F. The summed E-state index contributed by atoms with van der Waals surface area (Å²) >= 11 is 0. The molecule has 0 atom stereocenters. The zero-order valence-corrected chi connectivity index (χ0v) is 11.3. The molecule has 122 valence electrons. The molecule has 0 saturated carbocycles. The van der Waals surface area contributed by atoms with Gasteiger partial charge >= 0.3 is 18.6 Å². The third kappa shape index (κ3) is 5.11. The minimum atomic E-state index is -3.32. The van der Waals surface area contributed by atoms with Crippen LogP contribution in [0.3, 0.4) is 0 Å². The van der Waals surface area contributed by atoms with Gasteiger partial charge < -0.3 is 20.1 Å². The summed E-state index contributed by atoms with van der Waals surface area (Å²) in [5, 5.41) is 10.5. The lowest BCUT2D eigenvalue weighted by molar-refractivity contribution is -0.137. The highest BCUT2D eigenvalue weighted by Gasteiger charge is 2.17. The molecule has 0 spiro atoms. The second-order valence-electron chi connectivity index (χ2n) is 4.14. The van der Waals surface area contributed by atoms with E-state index in [1.54, 1.807) is 0 Å². The fourth-order valence-electron chi connectivity index (χ4n) is 1.39. The first-order chi connectivity index (χ1) is 10.2. The van der Waals surface area contributed by atoms with E-state index < -0.39 is 41.7 Å². The Labute approximate surface area is 122 Å². The van der Waals surface area contributed by atoms with Crippen molar-refractivity contribution in [3.8, 4) is 5.75 Å². The molecule has 10 heteroatoms. The number of ether oxygens (including phenoxy) is 1. The maximum absolute atomic E-state index is 13.6. The van der Waals surface area contributed by atoms with Crippen molar-refractivity contribution in [1.29, 1.82) is 0 Å². The van der Waals surface area contributed by atoms with Gasteiger partial charge in [-0.05, 0) is 0 Å². The molecule has 2 N–H and O–H groups in total. The lowest BCUT2D eigenvalue weighted by Gasteiger charge is -2.17. The first kappa shape index (κ1) is 17.5. The minimum Gasteiger partial charge on any atom is -0.481 e. The third-order valence-corrected chi connectivity index (χ3v) is 2.49. The summed E-state index contributed by atoms with van der Waals surface area (Å²) in [4.78, 5) is 22.9. The number of anilines is 1. The average molecular weight is 324 g/mol. The Hall–Kier alpha value is -2.52. The molecule has 0 unspecified atom stereocenters. The standard InChI is InChI=1S/C12H12F4N2O4/c1-18(3-2-10(19)20)12(21)17-8-4-7(14)9(5-6(8)13)22-11(15)16/h4-5,11H,2-3H2,1H3,(H,17,21)(H,19,20). The van der Waals surface area contributed by atoms with Crippen molar-refractivity contribution in [2.45, 2.75) is 13.0 Å². The summed E-state index contributed by atoms with van der Waals surface area (Å²) in [6, 6.07) is -0.0354. The normalized spacial score (nSPS) is 10.5. The smallest absolute Gasteiger partial charge is 0.387 e. The van der Waals surface area contributed by atoms with Crippen LogP contribution >= 0.6 is 0 Å². The van der Waals surface area contributed by atoms with Crippen LogP contribution in [-0.4, -0.2) is 42.2 Å². The molecule has 0 radical (unpaired) electrons. The van der Waals surface area contributed by atoms with Gasteiger partial charge in [0.25, 0.3) is 0 Å². The summed E-state index contributed by atoms with van der Waals surface area (Å²) in [5.41, 5.74) is -0.591. The monoisotopic (exact) mass is 324 g/mol. The van der Waals surface area contributed by atoms with Crippen molar-refractivity contribution in [2.24, 2.45) is 0 Å². The van der Waals surface area contributed by atoms with Crippen LogP contribution in [0.25, 0.3) is 0 Å². The van der Waals surface area contributed by atoms with Gasteiger partial charge in [-0.3, -0.25) is 4.79 Å². The van der Waals surface area contributed by atoms with E-state index in [-0.39, 0.29) is 13.0 Å². The Balaban J connectivity index is 2.79. The summed E-state index contributed by atoms with van der Waals surface area (Å²) in [7, 11) is 1.25. The maximum atomic E-state index is 13.6. The van der Waals surface area contributed by atoms with Crippen molar-refractivity contribution in [3.63, 3.8) is 0 Å². The topological polar surface area (TPSA) is 78.9 Å². The number of aliphatic carboxylic acids is 1. The van der Waals surface area contributed by atoms with Crippen LogP contribution in [0.15, 0.2) is 12.1 Å². The lowest BCUT2D eigenvalue weighted by atomic mass is 10.2. The van der Waals surface area contributed by atoms with Crippen LogP contribution in [-0.2, 0) is 4.79 Å². The van der Waals surface area contributed by atoms with Gasteiger partial charge in [-0.2, -0.15) is 8.78 Å². The van der Waals surface area contributed by atoms with Crippen molar-refractivity contribution in [3.05, 3.63) is 23.8 Å². The van der Waals surface area contributed by atoms with Gasteiger partial charge in [0.2, 0.25) is 0 Å². The molecule has 1 rings (SSSR count). The molecule has 0 fully saturated rings. The van der Waals surface area contributed by atoms with E-state index in [2.05, 4.69) is 4.74 Å². The van der Waals surface area contributed by atoms with Gasteiger partial charge in [0.1, 0.15) is 0 Å². The highest BCUT2D eigenvalue weighted by molar-refractivity contribution is 5.89. The van der Waals surface area contributed by atoms with E-state index in [1.807, 2.05) is 5.32 Å². The maximum Gasteiger partial charge on any atom is 0.387 e. The zero-order chi connectivity index (χ0) is 16.9. The average Bonchev–Trinajstić information content (AvgIpc) is 2.40. The second kappa shape index (κ2) is 7.48. The van der Waals surface area contributed by atoms with Crippen LogP contribution in [0.1, 0.15) is 6.42 Å². The Morgan fingerprint density at radius 1 is 1.32 bits per heavy atom. The number of hydrogen-bond donors (Lipinski definition) is 2. The van der Waals surface area contributed by atoms with Crippen LogP contribution in [0.5, 0.6) is 5.75 Å². The molecule has 0 aliphatic carbocycles. The molecule has 0 aromatic heterocycles. The van der Waals surface area contributed by atoms with E-state index in [1.165, 1.54) is 7.05 Å². The molecule has 22 heavy (non-hydrogen) atoms. The molecule has 0 aliphatic rings. The second-order valence-corrected chi connectivity index (χ2v) is 4.14. The van der Waals surface area contributed by atoms with E-state index in [4.69, 9.17) is 5.11 Å². The molecular weight excluding hydrogens is 312 g/mol. The van der Waals surface area contributed by atoms with Crippen molar-refractivity contribution in [2.75, 3.05) is 18.9 Å². The lowest BCUT2D eigenvalue weighted by Crippen LogP contribution is -2.33. The number of hydrogen-bond acceptors (Lipinski definition) is 3. The number of carbonyl (C=O) groups is 2. The summed E-state index contributed by atoms with van der Waals surface area (Å²) in [6.07, 6.45) is -0.331. The minimum absolute atomic E-state index is 0.155. The summed E-state index contributed by atoms with van der Waals surface area (Å²) in [6.45, 7) is -3.48. The third-order valence-electron chi connectivity index (χ3n) is 2.49. The molecule has 0 saturated heterocycles. The number of carbonyl (C=O) groups excluding carboxylic acids is 1. The Morgan fingerprint density at radius 2 is 1.95 bits per heavy atom. The van der Waals surface area contributed by atoms with Crippen molar-refractivity contribution in [1.82, 2.24) is 4.90 Å². The van der Waals surface area contributed by atoms with Gasteiger partial charge in [0.15, 0.2) is 17.4 Å². The number of alkyl halides is 2. The molecule has 0 aliphatic heterocycles. The van der Waals surface area contributed by atoms with E-state index in [9.17, 15) is 27.2 Å². The van der Waals surface area contributed by atoms with E-state index >= 15 is 0 Å². The van der Waals surface area contributed by atoms with Gasteiger partial charge in [0, 0.05) is 25.7 Å². The molecule has 0 heterocycles. The predicted octanol–water partition coefficient (Wildman–Crippen LogP) is 2.50. The Kier molecular flexibility index (Phi) is 5.96. The fourth-order valence-corrected chi connectivity index (χ4v) is 1.39. The first-order valence-electron chi connectivity index (χ1n) is 5.88. The quantitative estimate of drug-likeness (QED) is 0.788. The van der Waals surface area contributed by atoms with Crippen LogP contribution in [0.4, 0.5) is 28.0 Å². The number of halogens is 4. The van der Waals surface area contributed by atoms with E-state index in [0.717, 1.165) is 4.90 Å². The van der Waals surface area contributed by atoms with Crippen molar-refractivity contribution >= 4 is 17.7 Å². The Morgan fingerprint density at radius 3 is 2.50 bits per heavy atom. The number of nitrogens with zero attached hydrogens (tertiary/aromatic N) is 1. The Bertz CT molecular complexity index is 568.